The average Bonchev–Trinajstić information content (AvgIpc) is 3.26. The summed E-state index contributed by atoms with van der Waals surface area (Å²) in [6.45, 7) is 5.44. The number of benzene rings is 2. The second-order valence-corrected chi connectivity index (χ2v) is 7.15. The minimum Gasteiger partial charge on any atom is -0.497 e. The minimum absolute atomic E-state index is 0. The van der Waals surface area contributed by atoms with Crippen LogP contribution in [0.25, 0.3) is 0 Å². The van der Waals surface area contributed by atoms with E-state index in [0.717, 1.165) is 43.3 Å². The van der Waals surface area contributed by atoms with E-state index >= 15 is 0 Å². The van der Waals surface area contributed by atoms with Crippen molar-refractivity contribution < 1.29 is 9.53 Å². The van der Waals surface area contributed by atoms with Gasteiger partial charge in [-0.05, 0) is 48.7 Å². The first-order chi connectivity index (χ1) is 14.1. The van der Waals surface area contributed by atoms with Crippen LogP contribution >= 0.6 is 24.0 Å². The van der Waals surface area contributed by atoms with Crippen LogP contribution < -0.4 is 15.4 Å². The van der Waals surface area contributed by atoms with Crippen molar-refractivity contribution in [2.75, 3.05) is 33.8 Å². The van der Waals surface area contributed by atoms with Crippen molar-refractivity contribution in [1.29, 1.82) is 0 Å². The van der Waals surface area contributed by atoms with Gasteiger partial charge in [-0.25, -0.2) is 4.99 Å². The lowest BCUT2D eigenvalue weighted by Gasteiger charge is -2.22. The van der Waals surface area contributed by atoms with Gasteiger partial charge in [0.25, 0.3) is 5.91 Å². The van der Waals surface area contributed by atoms with Gasteiger partial charge in [0.1, 0.15) is 5.75 Å². The van der Waals surface area contributed by atoms with Gasteiger partial charge in [0.2, 0.25) is 0 Å². The Kier molecular flexibility index (Phi) is 9.42. The number of likely N-dealkylation sites (tertiary alicyclic amines) is 1. The second kappa shape index (κ2) is 11.8. The number of halogens is 1. The molecule has 30 heavy (non-hydrogen) atoms. The summed E-state index contributed by atoms with van der Waals surface area (Å²) in [5.74, 6) is 2.26. The molecule has 3 rings (SSSR count). The lowest BCUT2D eigenvalue weighted by molar-refractivity contribution is 0.0963. The van der Waals surface area contributed by atoms with Crippen molar-refractivity contribution in [3.63, 3.8) is 0 Å². The number of hydrogen-bond acceptors (Lipinski definition) is 3. The second-order valence-electron chi connectivity index (χ2n) is 7.15. The van der Waals surface area contributed by atoms with E-state index in [2.05, 4.69) is 34.6 Å². The van der Waals surface area contributed by atoms with Gasteiger partial charge in [-0.1, -0.05) is 24.3 Å². The van der Waals surface area contributed by atoms with Gasteiger partial charge >= 0.3 is 0 Å². The van der Waals surface area contributed by atoms with Crippen molar-refractivity contribution >= 4 is 35.8 Å². The highest BCUT2D eigenvalue weighted by Gasteiger charge is 2.26. The molecule has 1 heterocycles. The summed E-state index contributed by atoms with van der Waals surface area (Å²) < 4.78 is 5.26. The van der Waals surface area contributed by atoms with E-state index in [9.17, 15) is 4.79 Å². The van der Waals surface area contributed by atoms with Gasteiger partial charge < -0.3 is 20.3 Å². The van der Waals surface area contributed by atoms with E-state index in [1.807, 2.05) is 36.4 Å². The quantitative estimate of drug-likeness (QED) is 0.346. The molecule has 0 aliphatic carbocycles. The number of nitrogens with one attached hydrogen (secondary N) is 2. The van der Waals surface area contributed by atoms with Crippen LogP contribution in [0.1, 0.15) is 40.7 Å². The Morgan fingerprint density at radius 1 is 1.17 bits per heavy atom. The molecule has 2 aromatic rings. The summed E-state index contributed by atoms with van der Waals surface area (Å²) in [6.07, 6.45) is 1.11. The molecule has 2 aromatic carbocycles. The van der Waals surface area contributed by atoms with E-state index in [4.69, 9.17) is 9.73 Å². The number of rotatable bonds is 6. The third-order valence-corrected chi connectivity index (χ3v) is 5.26. The fraction of sp³-hybridized carbons (Fsp3) is 0.391. The van der Waals surface area contributed by atoms with Gasteiger partial charge in [-0.15, -0.1) is 24.0 Å². The Bertz CT molecular complexity index is 837. The molecule has 0 aromatic heterocycles. The Morgan fingerprint density at radius 2 is 1.87 bits per heavy atom. The maximum absolute atomic E-state index is 11.7. The fourth-order valence-corrected chi connectivity index (χ4v) is 3.60. The average molecular weight is 522 g/mol. The van der Waals surface area contributed by atoms with Crippen LogP contribution in [0.15, 0.2) is 53.5 Å². The Balaban J connectivity index is 0.00000320. The smallest absolute Gasteiger partial charge is 0.251 e. The number of aliphatic imine (C=N–C) groups is 1. The zero-order chi connectivity index (χ0) is 20.6. The van der Waals surface area contributed by atoms with E-state index in [0.29, 0.717) is 18.0 Å². The number of nitrogens with zero attached hydrogens (tertiary/aromatic N) is 2. The highest BCUT2D eigenvalue weighted by Crippen LogP contribution is 2.28. The summed E-state index contributed by atoms with van der Waals surface area (Å²) in [5.41, 5.74) is 3.09. The van der Waals surface area contributed by atoms with Crippen molar-refractivity contribution in [2.45, 2.75) is 25.8 Å². The fourth-order valence-electron chi connectivity index (χ4n) is 3.60. The maximum atomic E-state index is 11.7. The van der Waals surface area contributed by atoms with Crippen LogP contribution in [0.3, 0.4) is 0 Å². The number of hydrogen-bond donors (Lipinski definition) is 2. The predicted octanol–water partition coefficient (Wildman–Crippen LogP) is 3.63. The summed E-state index contributed by atoms with van der Waals surface area (Å²) in [5, 5.41) is 6.05. The number of amides is 1. The summed E-state index contributed by atoms with van der Waals surface area (Å²) in [6, 6.07) is 16.0. The topological polar surface area (TPSA) is 66.0 Å². The molecule has 1 aliphatic heterocycles. The van der Waals surface area contributed by atoms with E-state index < -0.39 is 0 Å². The van der Waals surface area contributed by atoms with Crippen molar-refractivity contribution in [3.05, 3.63) is 65.2 Å². The molecule has 0 saturated carbocycles. The zero-order valence-electron chi connectivity index (χ0n) is 17.9. The van der Waals surface area contributed by atoms with Crippen molar-refractivity contribution in [2.24, 2.45) is 4.99 Å². The number of methoxy groups -OCH3 is 1. The molecule has 1 aliphatic rings. The van der Waals surface area contributed by atoms with Crippen LogP contribution in [0.2, 0.25) is 0 Å². The van der Waals surface area contributed by atoms with Crippen molar-refractivity contribution in [3.8, 4) is 5.75 Å². The molecule has 0 bridgehead atoms. The van der Waals surface area contributed by atoms with E-state index in [-0.39, 0.29) is 29.9 Å². The normalized spacial score (nSPS) is 16.0. The number of ether oxygens (including phenoxy) is 1. The molecule has 0 spiro atoms. The summed E-state index contributed by atoms with van der Waals surface area (Å²) in [7, 11) is 3.33. The molecule has 162 valence electrons. The van der Waals surface area contributed by atoms with Gasteiger partial charge in [0.15, 0.2) is 5.96 Å². The Labute approximate surface area is 196 Å². The zero-order valence-corrected chi connectivity index (χ0v) is 20.2. The lowest BCUT2D eigenvalue weighted by atomic mass is 9.98. The standard InChI is InChI=1S/C23H30N4O2.HI/c1-4-25-23(26-15-17-5-7-19(8-6-17)22(28)24-2)27-14-13-20(16-27)18-9-11-21(29-3)12-10-18;/h5-12,20H,4,13-16H2,1-3H3,(H,24,28)(H,25,26);1H. The minimum atomic E-state index is -0.0740. The predicted molar refractivity (Wildman–Crippen MR) is 132 cm³/mol. The number of guanidine groups is 1. The SMILES string of the molecule is CCNC(=NCc1ccc(C(=O)NC)cc1)N1CCC(c2ccc(OC)cc2)C1.I. The molecular weight excluding hydrogens is 491 g/mol. The first kappa shape index (κ1) is 24.0. The molecule has 1 fully saturated rings. The highest BCUT2D eigenvalue weighted by molar-refractivity contribution is 14.0. The van der Waals surface area contributed by atoms with Crippen LogP contribution in [0.5, 0.6) is 5.75 Å². The summed E-state index contributed by atoms with van der Waals surface area (Å²) in [4.78, 5) is 18.8. The Hall–Kier alpha value is -2.29. The van der Waals surface area contributed by atoms with E-state index in [1.165, 1.54) is 5.56 Å². The molecule has 1 atom stereocenters. The molecular formula is C23H31IN4O2. The molecule has 7 heteroatoms. The molecule has 6 nitrogen and oxygen atoms in total. The first-order valence-electron chi connectivity index (χ1n) is 10.1. The maximum Gasteiger partial charge on any atom is 0.251 e. The third-order valence-electron chi connectivity index (χ3n) is 5.26. The van der Waals surface area contributed by atoms with Crippen LogP contribution in [-0.4, -0.2) is 50.6 Å². The molecule has 2 N–H and O–H groups in total. The monoisotopic (exact) mass is 522 g/mol. The van der Waals surface area contributed by atoms with Gasteiger partial charge in [-0.2, -0.15) is 0 Å². The van der Waals surface area contributed by atoms with Gasteiger partial charge in [0.05, 0.1) is 13.7 Å². The molecule has 1 amide bonds. The lowest BCUT2D eigenvalue weighted by Crippen LogP contribution is -2.40. The third kappa shape index (κ3) is 6.10. The van der Waals surface area contributed by atoms with Gasteiger partial charge in [-0.3, -0.25) is 4.79 Å². The number of carbonyl (C=O) groups excluding carboxylic acids is 1. The first-order valence-corrected chi connectivity index (χ1v) is 10.1. The van der Waals surface area contributed by atoms with Crippen LogP contribution in [-0.2, 0) is 6.54 Å². The highest BCUT2D eigenvalue weighted by atomic mass is 127. The van der Waals surface area contributed by atoms with Crippen LogP contribution in [0.4, 0.5) is 0 Å². The molecule has 1 unspecified atom stereocenters. The summed E-state index contributed by atoms with van der Waals surface area (Å²) >= 11 is 0. The Morgan fingerprint density at radius 3 is 2.47 bits per heavy atom. The molecule has 0 radical (unpaired) electrons. The largest absolute Gasteiger partial charge is 0.497 e. The van der Waals surface area contributed by atoms with Crippen molar-refractivity contribution in [1.82, 2.24) is 15.5 Å². The van der Waals surface area contributed by atoms with Gasteiger partial charge in [0, 0.05) is 38.2 Å². The van der Waals surface area contributed by atoms with E-state index in [1.54, 1.807) is 14.2 Å². The van der Waals surface area contributed by atoms with Crippen LogP contribution in [0, 0.1) is 0 Å². The molecule has 1 saturated heterocycles. The number of carbonyl (C=O) groups is 1.